The van der Waals surface area contributed by atoms with Crippen LogP contribution in [0.1, 0.15) is 23.6 Å². The van der Waals surface area contributed by atoms with Gasteiger partial charge in [0.25, 0.3) is 0 Å². The zero-order valence-corrected chi connectivity index (χ0v) is 15.7. The van der Waals surface area contributed by atoms with Crippen LogP contribution in [0.4, 0.5) is 0 Å². The number of amides is 1. The lowest BCUT2D eigenvalue weighted by atomic mass is 10.1. The molecule has 144 valence electrons. The number of sulfonamides is 1. The van der Waals surface area contributed by atoms with Gasteiger partial charge in [0.1, 0.15) is 6.54 Å². The number of aromatic nitrogens is 2. The summed E-state index contributed by atoms with van der Waals surface area (Å²) >= 11 is 0. The highest BCUT2D eigenvalue weighted by Crippen LogP contribution is 2.33. The lowest BCUT2D eigenvalue weighted by Crippen LogP contribution is -2.40. The first-order valence-corrected chi connectivity index (χ1v) is 10.5. The smallest absolute Gasteiger partial charge is 0.243 e. The van der Waals surface area contributed by atoms with E-state index < -0.39 is 10.0 Å². The van der Waals surface area contributed by atoms with Gasteiger partial charge in [-0.3, -0.25) is 9.48 Å². The Bertz CT molecular complexity index is 921. The minimum Gasteiger partial charge on any atom is -0.379 e. The van der Waals surface area contributed by atoms with E-state index in [-0.39, 0.29) is 23.4 Å². The van der Waals surface area contributed by atoms with E-state index in [0.29, 0.717) is 26.3 Å². The highest BCUT2D eigenvalue weighted by molar-refractivity contribution is 7.89. The minimum atomic E-state index is -3.55. The van der Waals surface area contributed by atoms with Gasteiger partial charge in [-0.2, -0.15) is 9.40 Å². The van der Waals surface area contributed by atoms with Crippen LogP contribution in [0.2, 0.25) is 0 Å². The Hall–Kier alpha value is -2.23. The number of fused-ring (bicyclic) bond motifs is 1. The van der Waals surface area contributed by atoms with Crippen molar-refractivity contribution in [3.8, 4) is 0 Å². The van der Waals surface area contributed by atoms with Crippen LogP contribution in [0.25, 0.3) is 0 Å². The van der Waals surface area contributed by atoms with Crippen LogP contribution in [-0.2, 0) is 32.5 Å². The summed E-state index contributed by atoms with van der Waals surface area (Å²) in [5.41, 5.74) is 1.97. The fraction of sp³-hybridized carbons (Fsp3) is 0.444. The average Bonchev–Trinajstić information content (AvgIpc) is 3.32. The number of nitrogens with zero attached hydrogens (tertiary/aromatic N) is 3. The van der Waals surface area contributed by atoms with Gasteiger partial charge in [-0.25, -0.2) is 8.42 Å². The van der Waals surface area contributed by atoms with E-state index in [1.807, 2.05) is 6.07 Å². The fourth-order valence-electron chi connectivity index (χ4n) is 3.61. The van der Waals surface area contributed by atoms with Gasteiger partial charge in [0.05, 0.1) is 24.2 Å². The predicted octanol–water partition coefficient (Wildman–Crippen LogP) is 0.708. The number of morpholine rings is 1. The predicted molar refractivity (Wildman–Crippen MR) is 97.5 cm³/mol. The number of carbonyl (C=O) groups is 1. The van der Waals surface area contributed by atoms with Crippen LogP contribution in [0.5, 0.6) is 0 Å². The molecule has 1 aromatic heterocycles. The molecule has 1 amide bonds. The summed E-state index contributed by atoms with van der Waals surface area (Å²) in [4.78, 5) is 12.6. The average molecular weight is 390 g/mol. The second-order valence-corrected chi connectivity index (χ2v) is 8.68. The molecule has 0 bridgehead atoms. The van der Waals surface area contributed by atoms with Gasteiger partial charge in [-0.15, -0.1) is 0 Å². The number of nitrogens with one attached hydrogen (secondary N) is 1. The summed E-state index contributed by atoms with van der Waals surface area (Å²) in [5.74, 6) is -0.141. The molecule has 27 heavy (non-hydrogen) atoms. The molecule has 2 aromatic rings. The third kappa shape index (κ3) is 3.76. The van der Waals surface area contributed by atoms with Crippen molar-refractivity contribution in [3.63, 3.8) is 0 Å². The second kappa shape index (κ2) is 7.41. The first kappa shape index (κ1) is 18.1. The number of benzene rings is 1. The molecule has 0 spiro atoms. The van der Waals surface area contributed by atoms with Crippen molar-refractivity contribution < 1.29 is 17.9 Å². The first-order valence-electron chi connectivity index (χ1n) is 9.01. The summed E-state index contributed by atoms with van der Waals surface area (Å²) < 4.78 is 34.1. The first-order chi connectivity index (χ1) is 13.0. The standard InChI is InChI=1S/C18H22N4O4S/c23-18(13-21-7-1-6-19-21)20-17-5-3-14-2-4-15(12-16(14)17)27(24,25)22-8-10-26-11-9-22/h1-2,4,6-7,12,17H,3,5,8-11,13H2,(H,20,23)/t17-/m0/s1. The summed E-state index contributed by atoms with van der Waals surface area (Å²) in [5, 5.41) is 7.04. The van der Waals surface area contributed by atoms with E-state index in [0.717, 1.165) is 24.0 Å². The Morgan fingerprint density at radius 1 is 1.30 bits per heavy atom. The van der Waals surface area contributed by atoms with Gasteiger partial charge in [-0.05, 0) is 42.2 Å². The highest BCUT2D eigenvalue weighted by atomic mass is 32.2. The lowest BCUT2D eigenvalue weighted by Gasteiger charge is -2.26. The molecule has 8 nitrogen and oxygen atoms in total. The number of hydrogen-bond acceptors (Lipinski definition) is 5. The molecule has 9 heteroatoms. The van der Waals surface area contributed by atoms with E-state index >= 15 is 0 Å². The number of rotatable bonds is 5. The van der Waals surface area contributed by atoms with Gasteiger partial charge in [0.15, 0.2) is 0 Å². The SMILES string of the molecule is O=C(Cn1cccn1)N[C@H]1CCc2ccc(S(=O)(=O)N3CCOCC3)cc21. The molecule has 1 aliphatic carbocycles. The molecule has 4 rings (SSSR count). The van der Waals surface area contributed by atoms with Gasteiger partial charge in [0, 0.05) is 25.5 Å². The summed E-state index contributed by atoms with van der Waals surface area (Å²) in [6.07, 6.45) is 4.94. The van der Waals surface area contributed by atoms with Gasteiger partial charge < -0.3 is 10.1 Å². The molecular weight excluding hydrogens is 368 g/mol. The molecule has 0 unspecified atom stereocenters. The van der Waals surface area contributed by atoms with Gasteiger partial charge in [-0.1, -0.05) is 6.07 Å². The molecule has 1 N–H and O–H groups in total. The van der Waals surface area contributed by atoms with Crippen molar-refractivity contribution in [2.75, 3.05) is 26.3 Å². The monoisotopic (exact) mass is 390 g/mol. The van der Waals surface area contributed by atoms with Crippen LogP contribution in [0.15, 0.2) is 41.6 Å². The van der Waals surface area contributed by atoms with Crippen LogP contribution >= 0.6 is 0 Å². The van der Waals surface area contributed by atoms with E-state index in [1.54, 1.807) is 35.3 Å². The van der Waals surface area contributed by atoms with Gasteiger partial charge >= 0.3 is 0 Å². The van der Waals surface area contributed by atoms with Crippen LogP contribution < -0.4 is 5.32 Å². The topological polar surface area (TPSA) is 93.5 Å². The van der Waals surface area contributed by atoms with E-state index in [4.69, 9.17) is 4.74 Å². The molecule has 1 fully saturated rings. The Kier molecular flexibility index (Phi) is 4.98. The van der Waals surface area contributed by atoms with Crippen molar-refractivity contribution >= 4 is 15.9 Å². The molecular formula is C18H22N4O4S. The molecule has 1 aliphatic heterocycles. The fourth-order valence-corrected chi connectivity index (χ4v) is 5.05. The van der Waals surface area contributed by atoms with E-state index in [9.17, 15) is 13.2 Å². The second-order valence-electron chi connectivity index (χ2n) is 6.74. The number of carbonyl (C=O) groups excluding carboxylic acids is 1. The maximum absolute atomic E-state index is 12.9. The quantitative estimate of drug-likeness (QED) is 0.812. The van der Waals surface area contributed by atoms with Crippen molar-refractivity contribution in [1.29, 1.82) is 0 Å². The third-order valence-electron chi connectivity index (χ3n) is 5.00. The van der Waals surface area contributed by atoms with Crippen LogP contribution in [-0.4, -0.2) is 54.7 Å². The molecule has 0 saturated carbocycles. The highest BCUT2D eigenvalue weighted by Gasteiger charge is 2.30. The summed E-state index contributed by atoms with van der Waals surface area (Å²) in [6, 6.07) is 6.83. The number of ether oxygens (including phenoxy) is 1. The number of aryl methyl sites for hydroxylation is 1. The summed E-state index contributed by atoms with van der Waals surface area (Å²) in [6.45, 7) is 1.70. The minimum absolute atomic E-state index is 0.141. The maximum Gasteiger partial charge on any atom is 0.243 e. The van der Waals surface area contributed by atoms with Crippen molar-refractivity contribution in [1.82, 2.24) is 19.4 Å². The normalized spacial score (nSPS) is 20.4. The maximum atomic E-state index is 12.9. The molecule has 2 heterocycles. The molecule has 2 aliphatic rings. The number of hydrogen-bond donors (Lipinski definition) is 1. The summed E-state index contributed by atoms with van der Waals surface area (Å²) in [7, 11) is -3.55. The van der Waals surface area contributed by atoms with Crippen LogP contribution in [0, 0.1) is 0 Å². The Labute approximate surface area is 158 Å². The zero-order valence-electron chi connectivity index (χ0n) is 14.9. The van der Waals surface area contributed by atoms with Gasteiger partial charge in [0.2, 0.25) is 15.9 Å². The van der Waals surface area contributed by atoms with E-state index in [2.05, 4.69) is 10.4 Å². The largest absolute Gasteiger partial charge is 0.379 e. The van der Waals surface area contributed by atoms with Crippen LogP contribution in [0.3, 0.4) is 0 Å². The Balaban J connectivity index is 1.52. The zero-order chi connectivity index (χ0) is 18.9. The Morgan fingerprint density at radius 2 is 2.11 bits per heavy atom. The molecule has 0 radical (unpaired) electrons. The third-order valence-corrected chi connectivity index (χ3v) is 6.90. The van der Waals surface area contributed by atoms with Crippen molar-refractivity contribution in [2.24, 2.45) is 0 Å². The van der Waals surface area contributed by atoms with Crippen molar-refractivity contribution in [3.05, 3.63) is 47.8 Å². The van der Waals surface area contributed by atoms with E-state index in [1.165, 1.54) is 4.31 Å². The molecule has 1 atom stereocenters. The Morgan fingerprint density at radius 3 is 2.85 bits per heavy atom. The lowest BCUT2D eigenvalue weighted by molar-refractivity contribution is -0.122. The van der Waals surface area contributed by atoms with Crippen molar-refractivity contribution in [2.45, 2.75) is 30.3 Å². The molecule has 1 aromatic carbocycles. The molecule has 1 saturated heterocycles.